The number of carbonyl (C=O) groups excluding carboxylic acids is 1. The van der Waals surface area contributed by atoms with Crippen LogP contribution in [0.1, 0.15) is 4.88 Å². The molecule has 1 fully saturated rings. The van der Waals surface area contributed by atoms with Crippen molar-refractivity contribution in [2.75, 3.05) is 31.1 Å². The minimum absolute atomic E-state index is 0.196. The lowest BCUT2D eigenvalue weighted by Gasteiger charge is -2.35. The van der Waals surface area contributed by atoms with Crippen LogP contribution in [0, 0.1) is 0 Å². The van der Waals surface area contributed by atoms with Crippen LogP contribution >= 0.6 is 11.3 Å². The lowest BCUT2D eigenvalue weighted by Crippen LogP contribution is -2.49. The number of amides is 1. The smallest absolute Gasteiger partial charge is 0.227 e. The van der Waals surface area contributed by atoms with Gasteiger partial charge in [0, 0.05) is 31.1 Å². The van der Waals surface area contributed by atoms with E-state index in [0.29, 0.717) is 25.3 Å². The van der Waals surface area contributed by atoms with Gasteiger partial charge in [0.1, 0.15) is 5.69 Å². The maximum atomic E-state index is 12.4. The molecule has 128 valence electrons. The zero-order valence-electron chi connectivity index (χ0n) is 13.7. The summed E-state index contributed by atoms with van der Waals surface area (Å²) < 4.78 is 5.33. The Kier molecular flexibility index (Phi) is 4.47. The number of piperazine rings is 1. The van der Waals surface area contributed by atoms with E-state index in [4.69, 9.17) is 4.42 Å². The van der Waals surface area contributed by atoms with Crippen LogP contribution in [0.5, 0.6) is 0 Å². The van der Waals surface area contributed by atoms with E-state index in [0.717, 1.165) is 29.5 Å². The summed E-state index contributed by atoms with van der Waals surface area (Å²) in [6, 6.07) is 11.5. The highest BCUT2D eigenvalue weighted by Crippen LogP contribution is 2.20. The first-order valence-corrected chi connectivity index (χ1v) is 9.10. The average Bonchev–Trinajstić information content (AvgIpc) is 3.36. The molecule has 3 aromatic rings. The molecule has 0 aliphatic carbocycles. The lowest BCUT2D eigenvalue weighted by atomic mass is 10.2. The molecule has 0 N–H and O–H groups in total. The Hall–Kier alpha value is -2.67. The Morgan fingerprint density at radius 1 is 1.08 bits per heavy atom. The second-order valence-electron chi connectivity index (χ2n) is 5.88. The van der Waals surface area contributed by atoms with Crippen LogP contribution in [0.4, 0.5) is 5.82 Å². The fourth-order valence-corrected chi connectivity index (χ4v) is 3.60. The van der Waals surface area contributed by atoms with E-state index in [1.54, 1.807) is 17.6 Å². The van der Waals surface area contributed by atoms with Crippen LogP contribution in [-0.2, 0) is 11.2 Å². The van der Waals surface area contributed by atoms with Crippen molar-refractivity contribution in [2.24, 2.45) is 0 Å². The number of hydrogen-bond donors (Lipinski definition) is 0. The number of anilines is 1. The quantitative estimate of drug-likeness (QED) is 0.721. The molecule has 0 aromatic carbocycles. The van der Waals surface area contributed by atoms with Crippen molar-refractivity contribution in [3.05, 3.63) is 52.9 Å². The highest BCUT2D eigenvalue weighted by molar-refractivity contribution is 7.10. The first-order chi connectivity index (χ1) is 12.3. The number of thiophene rings is 1. The van der Waals surface area contributed by atoms with Crippen molar-refractivity contribution in [1.29, 1.82) is 0 Å². The Bertz CT molecular complexity index is 807. The monoisotopic (exact) mass is 354 g/mol. The standard InChI is InChI=1S/C18H18N4O2S/c23-18(13-14-3-2-12-25-14)22-9-7-21(8-10-22)17-6-5-15(19-20-17)16-4-1-11-24-16/h1-6,11-12H,7-10,13H2. The molecule has 1 saturated heterocycles. The molecule has 7 heteroatoms. The van der Waals surface area contributed by atoms with Gasteiger partial charge in [0.25, 0.3) is 0 Å². The Morgan fingerprint density at radius 3 is 2.60 bits per heavy atom. The molecule has 1 amide bonds. The van der Waals surface area contributed by atoms with Crippen LogP contribution in [0.2, 0.25) is 0 Å². The third kappa shape index (κ3) is 3.56. The number of aromatic nitrogens is 2. The molecular formula is C18H18N4O2S. The van der Waals surface area contributed by atoms with Crippen LogP contribution in [0.15, 0.2) is 52.5 Å². The van der Waals surface area contributed by atoms with E-state index in [1.807, 2.05) is 46.7 Å². The van der Waals surface area contributed by atoms with Crippen molar-refractivity contribution in [3.63, 3.8) is 0 Å². The van der Waals surface area contributed by atoms with Crippen molar-refractivity contribution in [2.45, 2.75) is 6.42 Å². The number of nitrogens with zero attached hydrogens (tertiary/aromatic N) is 4. The minimum atomic E-state index is 0.196. The van der Waals surface area contributed by atoms with Gasteiger partial charge in [0.2, 0.25) is 5.91 Å². The molecule has 4 rings (SSSR count). The summed E-state index contributed by atoms with van der Waals surface area (Å²) in [6.07, 6.45) is 2.12. The maximum absolute atomic E-state index is 12.4. The predicted molar refractivity (Wildman–Crippen MR) is 96.6 cm³/mol. The molecular weight excluding hydrogens is 336 g/mol. The normalized spacial score (nSPS) is 14.7. The number of carbonyl (C=O) groups is 1. The van der Waals surface area contributed by atoms with Gasteiger partial charge in [-0.3, -0.25) is 4.79 Å². The van der Waals surface area contributed by atoms with Crippen molar-refractivity contribution >= 4 is 23.1 Å². The molecule has 1 aliphatic rings. The van der Waals surface area contributed by atoms with Crippen LogP contribution in [0.3, 0.4) is 0 Å². The molecule has 0 atom stereocenters. The second-order valence-corrected chi connectivity index (χ2v) is 6.91. The van der Waals surface area contributed by atoms with Gasteiger partial charge in [-0.05, 0) is 35.7 Å². The summed E-state index contributed by atoms with van der Waals surface area (Å²) in [4.78, 5) is 17.6. The van der Waals surface area contributed by atoms with Crippen LogP contribution in [-0.4, -0.2) is 47.2 Å². The van der Waals surface area contributed by atoms with Gasteiger partial charge in [-0.25, -0.2) is 0 Å². The van der Waals surface area contributed by atoms with Gasteiger partial charge in [-0.15, -0.1) is 21.5 Å². The molecule has 0 radical (unpaired) electrons. The van der Waals surface area contributed by atoms with Crippen LogP contribution in [0.25, 0.3) is 11.5 Å². The van der Waals surface area contributed by atoms with Crippen molar-refractivity contribution in [1.82, 2.24) is 15.1 Å². The van der Waals surface area contributed by atoms with Crippen LogP contribution < -0.4 is 4.90 Å². The summed E-state index contributed by atoms with van der Waals surface area (Å²) in [6.45, 7) is 2.97. The highest BCUT2D eigenvalue weighted by Gasteiger charge is 2.22. The van der Waals surface area contributed by atoms with Gasteiger partial charge >= 0.3 is 0 Å². The topological polar surface area (TPSA) is 62.5 Å². The third-order valence-electron chi connectivity index (χ3n) is 4.29. The van der Waals surface area contributed by atoms with E-state index in [2.05, 4.69) is 15.1 Å². The van der Waals surface area contributed by atoms with Gasteiger partial charge in [-0.2, -0.15) is 0 Å². The molecule has 0 spiro atoms. The van der Waals surface area contributed by atoms with Gasteiger partial charge in [0.15, 0.2) is 11.6 Å². The molecule has 4 heterocycles. The average molecular weight is 354 g/mol. The molecule has 3 aromatic heterocycles. The molecule has 0 bridgehead atoms. The SMILES string of the molecule is O=C(Cc1cccs1)N1CCN(c2ccc(-c3ccco3)nn2)CC1. The van der Waals surface area contributed by atoms with E-state index >= 15 is 0 Å². The summed E-state index contributed by atoms with van der Waals surface area (Å²) in [5.74, 6) is 1.74. The van der Waals surface area contributed by atoms with Crippen molar-refractivity contribution < 1.29 is 9.21 Å². The van der Waals surface area contributed by atoms with E-state index in [-0.39, 0.29) is 5.91 Å². The fraction of sp³-hybridized carbons (Fsp3) is 0.278. The molecule has 25 heavy (non-hydrogen) atoms. The first-order valence-electron chi connectivity index (χ1n) is 8.22. The lowest BCUT2D eigenvalue weighted by molar-refractivity contribution is -0.130. The molecule has 6 nitrogen and oxygen atoms in total. The first kappa shape index (κ1) is 15.8. The maximum Gasteiger partial charge on any atom is 0.227 e. The molecule has 0 unspecified atom stereocenters. The summed E-state index contributed by atoms with van der Waals surface area (Å²) in [7, 11) is 0. The van der Waals surface area contributed by atoms with E-state index in [1.165, 1.54) is 0 Å². The van der Waals surface area contributed by atoms with Gasteiger partial charge in [-0.1, -0.05) is 6.07 Å². The fourth-order valence-electron chi connectivity index (χ4n) is 2.91. The summed E-state index contributed by atoms with van der Waals surface area (Å²) in [5.41, 5.74) is 0.721. The van der Waals surface area contributed by atoms with E-state index < -0.39 is 0 Å². The van der Waals surface area contributed by atoms with Crippen molar-refractivity contribution in [3.8, 4) is 11.5 Å². The summed E-state index contributed by atoms with van der Waals surface area (Å²) in [5, 5.41) is 10.5. The number of rotatable bonds is 4. The van der Waals surface area contributed by atoms with Gasteiger partial charge in [0.05, 0.1) is 12.7 Å². The predicted octanol–water partition coefficient (Wildman–Crippen LogP) is 2.69. The second kappa shape index (κ2) is 7.06. The highest BCUT2D eigenvalue weighted by atomic mass is 32.1. The minimum Gasteiger partial charge on any atom is -0.463 e. The Balaban J connectivity index is 1.34. The number of furan rings is 1. The zero-order chi connectivity index (χ0) is 17.1. The zero-order valence-corrected chi connectivity index (χ0v) is 14.5. The molecule has 0 saturated carbocycles. The largest absolute Gasteiger partial charge is 0.463 e. The van der Waals surface area contributed by atoms with E-state index in [9.17, 15) is 4.79 Å². The summed E-state index contributed by atoms with van der Waals surface area (Å²) >= 11 is 1.63. The van der Waals surface area contributed by atoms with Gasteiger partial charge < -0.3 is 14.2 Å². The number of hydrogen-bond acceptors (Lipinski definition) is 6. The molecule has 1 aliphatic heterocycles. The Morgan fingerprint density at radius 2 is 1.96 bits per heavy atom. The Labute approximate surface area is 149 Å². The third-order valence-corrected chi connectivity index (χ3v) is 5.16.